The van der Waals surface area contributed by atoms with Crippen molar-refractivity contribution in [2.24, 2.45) is 21.0 Å². The minimum absolute atomic E-state index is 0.146. The van der Waals surface area contributed by atoms with Crippen molar-refractivity contribution in [3.8, 4) is 0 Å². The molecule has 2 aromatic carbocycles. The standard InChI is InChI=1S/C19H23N5/c1-13-5-9-17(10-6-13)15(3)21-23-19(20)24-22-16(4)18-11-7-14(2)8-12-18/h5-12H,1-4H3,(H3,20,23,24)/b21-15+,22-16+. The van der Waals surface area contributed by atoms with E-state index in [0.29, 0.717) is 0 Å². The summed E-state index contributed by atoms with van der Waals surface area (Å²) in [7, 11) is 0. The molecule has 0 saturated carbocycles. The van der Waals surface area contributed by atoms with E-state index in [9.17, 15) is 0 Å². The number of hydrazone groups is 1. The van der Waals surface area contributed by atoms with E-state index in [1.807, 2.05) is 76.2 Å². The van der Waals surface area contributed by atoms with E-state index in [-0.39, 0.29) is 5.96 Å². The molecule has 2 aromatic rings. The summed E-state index contributed by atoms with van der Waals surface area (Å²) in [5.74, 6) is 0.146. The molecule has 0 aliphatic carbocycles. The highest BCUT2D eigenvalue weighted by molar-refractivity contribution is 6.00. The fourth-order valence-electron chi connectivity index (χ4n) is 2.00. The monoisotopic (exact) mass is 321 g/mol. The minimum atomic E-state index is 0.146. The Kier molecular flexibility index (Phi) is 5.84. The van der Waals surface area contributed by atoms with Gasteiger partial charge >= 0.3 is 0 Å². The maximum atomic E-state index is 5.80. The average molecular weight is 321 g/mol. The molecule has 5 heteroatoms. The van der Waals surface area contributed by atoms with Gasteiger partial charge in [0.05, 0.1) is 11.4 Å². The molecule has 0 amide bonds. The lowest BCUT2D eigenvalue weighted by Gasteiger charge is -2.03. The van der Waals surface area contributed by atoms with Crippen LogP contribution in [0.4, 0.5) is 0 Å². The molecule has 124 valence electrons. The molecule has 0 unspecified atom stereocenters. The van der Waals surface area contributed by atoms with Crippen molar-refractivity contribution in [2.75, 3.05) is 0 Å². The molecule has 2 rings (SSSR count). The average Bonchev–Trinajstić information content (AvgIpc) is 2.58. The first-order valence-corrected chi connectivity index (χ1v) is 7.78. The predicted octanol–water partition coefficient (Wildman–Crippen LogP) is 3.36. The molecule has 0 aliphatic heterocycles. The number of hydrogen-bond donors (Lipinski definition) is 2. The predicted molar refractivity (Wildman–Crippen MR) is 102 cm³/mol. The number of benzene rings is 2. The van der Waals surface area contributed by atoms with Gasteiger partial charge in [-0.3, -0.25) is 0 Å². The number of hydrogen-bond acceptors (Lipinski definition) is 3. The molecule has 0 aliphatic rings. The maximum Gasteiger partial charge on any atom is 0.234 e. The van der Waals surface area contributed by atoms with Crippen molar-refractivity contribution in [1.82, 2.24) is 5.43 Å². The highest BCUT2D eigenvalue weighted by Crippen LogP contribution is 2.05. The smallest absolute Gasteiger partial charge is 0.234 e. The van der Waals surface area contributed by atoms with Gasteiger partial charge in [-0.25, -0.2) is 5.43 Å². The Bertz CT molecular complexity index is 768. The van der Waals surface area contributed by atoms with Crippen LogP contribution in [0.3, 0.4) is 0 Å². The summed E-state index contributed by atoms with van der Waals surface area (Å²) < 4.78 is 0. The van der Waals surface area contributed by atoms with Crippen LogP contribution in [0.2, 0.25) is 0 Å². The third-order valence-corrected chi connectivity index (χ3v) is 3.58. The summed E-state index contributed by atoms with van der Waals surface area (Å²) in [6.45, 7) is 7.90. The lowest BCUT2D eigenvalue weighted by molar-refractivity contribution is 0.983. The molecule has 3 N–H and O–H groups in total. The van der Waals surface area contributed by atoms with E-state index in [1.165, 1.54) is 11.1 Å². The van der Waals surface area contributed by atoms with Crippen molar-refractivity contribution >= 4 is 17.4 Å². The van der Waals surface area contributed by atoms with E-state index >= 15 is 0 Å². The van der Waals surface area contributed by atoms with E-state index in [4.69, 9.17) is 5.73 Å². The molecule has 0 spiro atoms. The Balaban J connectivity index is 2.02. The van der Waals surface area contributed by atoms with E-state index in [2.05, 4.69) is 20.7 Å². The topological polar surface area (TPSA) is 75.1 Å². The summed E-state index contributed by atoms with van der Waals surface area (Å²) in [6, 6.07) is 16.2. The van der Waals surface area contributed by atoms with Crippen molar-refractivity contribution in [2.45, 2.75) is 27.7 Å². The number of guanidine groups is 1. The van der Waals surface area contributed by atoms with Gasteiger partial charge in [-0.15, -0.1) is 5.10 Å². The zero-order chi connectivity index (χ0) is 17.5. The van der Waals surface area contributed by atoms with Crippen LogP contribution in [0.25, 0.3) is 0 Å². The quantitative estimate of drug-likeness (QED) is 0.515. The SMILES string of the molecule is C/C(=N\N=C(N)N/N=C(\C)c1ccc(C)cc1)c1ccc(C)cc1. The molecular weight excluding hydrogens is 298 g/mol. The van der Waals surface area contributed by atoms with Crippen LogP contribution >= 0.6 is 0 Å². The zero-order valence-electron chi connectivity index (χ0n) is 14.5. The van der Waals surface area contributed by atoms with Crippen LogP contribution in [-0.2, 0) is 0 Å². The van der Waals surface area contributed by atoms with Crippen LogP contribution in [0.15, 0.2) is 63.8 Å². The van der Waals surface area contributed by atoms with Gasteiger partial charge < -0.3 is 5.73 Å². The van der Waals surface area contributed by atoms with Crippen LogP contribution in [-0.4, -0.2) is 17.4 Å². The third kappa shape index (κ3) is 5.05. The summed E-state index contributed by atoms with van der Waals surface area (Å²) in [5.41, 5.74) is 14.6. The van der Waals surface area contributed by atoms with E-state index in [1.54, 1.807) is 0 Å². The summed E-state index contributed by atoms with van der Waals surface area (Å²) in [6.07, 6.45) is 0. The largest absolute Gasteiger partial charge is 0.367 e. The first-order valence-electron chi connectivity index (χ1n) is 7.78. The van der Waals surface area contributed by atoms with Gasteiger partial charge in [-0.2, -0.15) is 10.2 Å². The van der Waals surface area contributed by atoms with Crippen molar-refractivity contribution in [1.29, 1.82) is 0 Å². The zero-order valence-corrected chi connectivity index (χ0v) is 14.5. The van der Waals surface area contributed by atoms with Gasteiger partial charge in [0.25, 0.3) is 0 Å². The second-order valence-electron chi connectivity index (χ2n) is 5.71. The highest BCUT2D eigenvalue weighted by atomic mass is 15.4. The Morgan fingerprint density at radius 2 is 1.21 bits per heavy atom. The van der Waals surface area contributed by atoms with E-state index in [0.717, 1.165) is 22.6 Å². The molecule has 0 heterocycles. The molecule has 5 nitrogen and oxygen atoms in total. The van der Waals surface area contributed by atoms with Crippen LogP contribution in [0.1, 0.15) is 36.1 Å². The summed E-state index contributed by atoms with van der Waals surface area (Å²) >= 11 is 0. The van der Waals surface area contributed by atoms with Crippen LogP contribution in [0, 0.1) is 13.8 Å². The molecule has 24 heavy (non-hydrogen) atoms. The van der Waals surface area contributed by atoms with Gasteiger partial charge in [0.1, 0.15) is 0 Å². The maximum absolute atomic E-state index is 5.80. The van der Waals surface area contributed by atoms with Gasteiger partial charge in [0.15, 0.2) is 0 Å². The van der Waals surface area contributed by atoms with Gasteiger partial charge in [-0.1, -0.05) is 59.7 Å². The van der Waals surface area contributed by atoms with Crippen molar-refractivity contribution in [3.63, 3.8) is 0 Å². The molecule has 0 atom stereocenters. The number of aryl methyl sites for hydroxylation is 2. The fraction of sp³-hybridized carbons (Fsp3) is 0.211. The molecule has 0 bridgehead atoms. The van der Waals surface area contributed by atoms with Gasteiger partial charge in [0.2, 0.25) is 5.96 Å². The number of rotatable bonds is 4. The molecule has 0 radical (unpaired) electrons. The first-order chi connectivity index (χ1) is 11.5. The fourth-order valence-corrected chi connectivity index (χ4v) is 2.00. The van der Waals surface area contributed by atoms with Gasteiger partial charge in [0, 0.05) is 0 Å². The Hall–Kier alpha value is -2.95. The second kappa shape index (κ2) is 8.06. The molecule has 0 saturated heterocycles. The highest BCUT2D eigenvalue weighted by Gasteiger charge is 1.98. The normalized spacial score (nSPS) is 13.1. The summed E-state index contributed by atoms with van der Waals surface area (Å²) in [4.78, 5) is 0. The number of nitrogens with one attached hydrogen (secondary N) is 1. The molecular formula is C19H23N5. The Morgan fingerprint density at radius 1 is 0.750 bits per heavy atom. The molecule has 0 fully saturated rings. The lowest BCUT2D eigenvalue weighted by atomic mass is 10.1. The van der Waals surface area contributed by atoms with Gasteiger partial charge in [-0.05, 0) is 38.8 Å². The number of nitrogens with zero attached hydrogens (tertiary/aromatic N) is 3. The third-order valence-electron chi connectivity index (χ3n) is 3.58. The lowest BCUT2D eigenvalue weighted by Crippen LogP contribution is -2.27. The van der Waals surface area contributed by atoms with E-state index < -0.39 is 0 Å². The van der Waals surface area contributed by atoms with Crippen LogP contribution < -0.4 is 11.2 Å². The van der Waals surface area contributed by atoms with Crippen molar-refractivity contribution in [3.05, 3.63) is 70.8 Å². The Morgan fingerprint density at radius 3 is 1.71 bits per heavy atom. The second-order valence-corrected chi connectivity index (χ2v) is 5.71. The molecule has 0 aromatic heterocycles. The minimum Gasteiger partial charge on any atom is -0.367 e. The number of nitrogens with two attached hydrogens (primary N) is 1. The summed E-state index contributed by atoms with van der Waals surface area (Å²) in [5, 5.41) is 12.3. The van der Waals surface area contributed by atoms with Crippen molar-refractivity contribution < 1.29 is 0 Å². The van der Waals surface area contributed by atoms with Crippen LogP contribution in [0.5, 0.6) is 0 Å². The first kappa shape index (κ1) is 17.4. The Labute approximate surface area is 143 Å².